The summed E-state index contributed by atoms with van der Waals surface area (Å²) >= 11 is 1.49. The molecule has 30 heavy (non-hydrogen) atoms. The highest BCUT2D eigenvalue weighted by atomic mass is 32.2. The van der Waals surface area contributed by atoms with Gasteiger partial charge in [-0.25, -0.2) is 4.98 Å². The van der Waals surface area contributed by atoms with Gasteiger partial charge in [-0.05, 0) is 42.2 Å². The topological polar surface area (TPSA) is 84.1 Å². The van der Waals surface area contributed by atoms with E-state index >= 15 is 0 Å². The molecule has 4 rings (SSSR count). The van der Waals surface area contributed by atoms with Gasteiger partial charge in [0, 0.05) is 23.6 Å². The van der Waals surface area contributed by atoms with Gasteiger partial charge in [0.15, 0.2) is 10.9 Å². The standard InChI is InChI=1S/C23H27N3O3S/c1-5-29-14-9-7-13(8-10-14)17-18-15(11-23(3,4)12-16(18)27)24-20-19(17)21(28)26-22(25-20)30-6-2/h7-10,17H,5-6,11-12H2,1-4H3,(H2,24,25,26,28)/t17-/m1/s1. The smallest absolute Gasteiger partial charge is 0.257 e. The summed E-state index contributed by atoms with van der Waals surface area (Å²) in [7, 11) is 0. The number of hydrogen-bond acceptors (Lipinski definition) is 6. The molecule has 1 aliphatic heterocycles. The number of thioether (sulfide) groups is 1. The van der Waals surface area contributed by atoms with Crippen LogP contribution in [0.3, 0.4) is 0 Å². The molecule has 0 fully saturated rings. The summed E-state index contributed by atoms with van der Waals surface area (Å²) in [5.74, 6) is 1.78. The maximum atomic E-state index is 13.2. The van der Waals surface area contributed by atoms with Crippen LogP contribution >= 0.6 is 11.8 Å². The number of Topliss-reactive ketones (excluding diaryl/α,β-unsaturated/α-hetero) is 1. The zero-order valence-corrected chi connectivity index (χ0v) is 18.6. The Balaban J connectivity index is 1.89. The van der Waals surface area contributed by atoms with Crippen molar-refractivity contribution in [2.24, 2.45) is 5.41 Å². The highest BCUT2D eigenvalue weighted by molar-refractivity contribution is 7.99. The number of H-pyrrole nitrogens is 1. The van der Waals surface area contributed by atoms with E-state index in [9.17, 15) is 9.59 Å². The van der Waals surface area contributed by atoms with E-state index in [1.807, 2.05) is 38.1 Å². The number of ether oxygens (including phenoxy) is 1. The normalized spacial score (nSPS) is 19.7. The molecular formula is C23H27N3O3S. The third kappa shape index (κ3) is 3.78. The fourth-order valence-corrected chi connectivity index (χ4v) is 4.95. The van der Waals surface area contributed by atoms with E-state index in [4.69, 9.17) is 4.74 Å². The largest absolute Gasteiger partial charge is 0.494 e. The third-order valence-electron chi connectivity index (χ3n) is 5.51. The number of nitrogens with zero attached hydrogens (tertiary/aromatic N) is 1. The zero-order valence-electron chi connectivity index (χ0n) is 17.8. The van der Waals surface area contributed by atoms with Crippen LogP contribution in [-0.4, -0.2) is 28.1 Å². The Morgan fingerprint density at radius 3 is 2.57 bits per heavy atom. The molecule has 0 bridgehead atoms. The molecule has 0 amide bonds. The third-order valence-corrected chi connectivity index (χ3v) is 6.26. The van der Waals surface area contributed by atoms with Gasteiger partial charge < -0.3 is 15.0 Å². The number of carbonyl (C=O) groups is 1. The average Bonchev–Trinajstić information content (AvgIpc) is 2.66. The van der Waals surface area contributed by atoms with Crippen LogP contribution in [0.5, 0.6) is 5.75 Å². The Bertz CT molecular complexity index is 1070. The number of anilines is 1. The number of allylic oxidation sites excluding steroid dienone is 2. The lowest BCUT2D eigenvalue weighted by molar-refractivity contribution is -0.118. The van der Waals surface area contributed by atoms with Crippen molar-refractivity contribution < 1.29 is 9.53 Å². The minimum absolute atomic E-state index is 0.0877. The first kappa shape index (κ1) is 20.7. The molecule has 1 atom stereocenters. The number of aromatic amines is 1. The predicted molar refractivity (Wildman–Crippen MR) is 119 cm³/mol. The number of carbonyl (C=O) groups excluding carboxylic acids is 1. The molecule has 0 saturated carbocycles. The lowest BCUT2D eigenvalue weighted by Gasteiger charge is -2.38. The van der Waals surface area contributed by atoms with Crippen molar-refractivity contribution in [1.29, 1.82) is 0 Å². The van der Waals surface area contributed by atoms with E-state index in [0.717, 1.165) is 29.2 Å². The van der Waals surface area contributed by atoms with Crippen molar-refractivity contribution in [2.45, 2.75) is 51.6 Å². The predicted octanol–water partition coefficient (Wildman–Crippen LogP) is 4.48. The Hall–Kier alpha value is -2.54. The first-order valence-corrected chi connectivity index (χ1v) is 11.3. The maximum absolute atomic E-state index is 13.2. The number of benzene rings is 1. The van der Waals surface area contributed by atoms with Gasteiger partial charge in [-0.1, -0.05) is 44.7 Å². The van der Waals surface area contributed by atoms with Crippen molar-refractivity contribution in [3.05, 3.63) is 57.0 Å². The van der Waals surface area contributed by atoms with Crippen LogP contribution in [0.1, 0.15) is 57.6 Å². The Morgan fingerprint density at radius 2 is 1.90 bits per heavy atom. The molecule has 0 spiro atoms. The number of hydrogen-bond donors (Lipinski definition) is 2. The van der Waals surface area contributed by atoms with Crippen molar-refractivity contribution in [3.63, 3.8) is 0 Å². The monoisotopic (exact) mass is 425 g/mol. The number of aromatic nitrogens is 2. The second-order valence-corrected chi connectivity index (χ2v) is 9.71. The lowest BCUT2D eigenvalue weighted by Crippen LogP contribution is -2.37. The van der Waals surface area contributed by atoms with Crippen LogP contribution in [0.4, 0.5) is 5.82 Å². The molecule has 2 N–H and O–H groups in total. The summed E-state index contributed by atoms with van der Waals surface area (Å²) in [6, 6.07) is 7.66. The van der Waals surface area contributed by atoms with E-state index in [0.29, 0.717) is 35.1 Å². The van der Waals surface area contributed by atoms with Gasteiger partial charge in [-0.15, -0.1) is 0 Å². The highest BCUT2D eigenvalue weighted by Crippen LogP contribution is 2.47. The summed E-state index contributed by atoms with van der Waals surface area (Å²) < 4.78 is 5.56. The molecule has 0 saturated heterocycles. The summed E-state index contributed by atoms with van der Waals surface area (Å²) in [4.78, 5) is 33.9. The molecular weight excluding hydrogens is 398 g/mol. The van der Waals surface area contributed by atoms with Gasteiger partial charge in [0.1, 0.15) is 11.6 Å². The number of fused-ring (bicyclic) bond motifs is 1. The highest BCUT2D eigenvalue weighted by Gasteiger charge is 2.42. The Kier molecular flexibility index (Phi) is 5.49. The molecule has 6 nitrogen and oxygen atoms in total. The van der Waals surface area contributed by atoms with Gasteiger partial charge in [0.25, 0.3) is 5.56 Å². The first-order valence-electron chi connectivity index (χ1n) is 10.4. The van der Waals surface area contributed by atoms with E-state index in [1.165, 1.54) is 11.8 Å². The molecule has 2 aromatic rings. The second-order valence-electron chi connectivity index (χ2n) is 8.46. The van der Waals surface area contributed by atoms with E-state index in [2.05, 4.69) is 29.1 Å². The lowest BCUT2D eigenvalue weighted by atomic mass is 9.69. The second kappa shape index (κ2) is 7.95. The number of ketones is 1. The van der Waals surface area contributed by atoms with Crippen molar-refractivity contribution in [2.75, 3.05) is 17.7 Å². The molecule has 0 radical (unpaired) electrons. The van der Waals surface area contributed by atoms with Gasteiger partial charge in [0.05, 0.1) is 12.2 Å². The van der Waals surface area contributed by atoms with Crippen LogP contribution in [0.2, 0.25) is 0 Å². The molecule has 2 heterocycles. The molecule has 7 heteroatoms. The van der Waals surface area contributed by atoms with Crippen LogP contribution in [0, 0.1) is 5.41 Å². The minimum atomic E-state index is -0.438. The van der Waals surface area contributed by atoms with E-state index in [1.54, 1.807) is 0 Å². The van der Waals surface area contributed by atoms with E-state index < -0.39 is 5.92 Å². The van der Waals surface area contributed by atoms with Crippen molar-refractivity contribution in [1.82, 2.24) is 9.97 Å². The van der Waals surface area contributed by atoms with E-state index in [-0.39, 0.29) is 16.8 Å². The van der Waals surface area contributed by atoms with Crippen LogP contribution in [-0.2, 0) is 4.79 Å². The van der Waals surface area contributed by atoms with Gasteiger partial charge in [-0.3, -0.25) is 9.59 Å². The summed E-state index contributed by atoms with van der Waals surface area (Å²) in [5, 5.41) is 3.93. The quantitative estimate of drug-likeness (QED) is 0.543. The van der Waals surface area contributed by atoms with Crippen molar-refractivity contribution >= 4 is 23.4 Å². The molecule has 158 valence electrons. The summed E-state index contributed by atoms with van der Waals surface area (Å²) in [5.41, 5.74) is 2.64. The van der Waals surface area contributed by atoms with Crippen molar-refractivity contribution in [3.8, 4) is 5.75 Å². The summed E-state index contributed by atoms with van der Waals surface area (Å²) in [6.07, 6.45) is 1.21. The average molecular weight is 426 g/mol. The maximum Gasteiger partial charge on any atom is 0.257 e. The fraction of sp³-hybridized carbons (Fsp3) is 0.435. The first-order chi connectivity index (χ1) is 14.3. The van der Waals surface area contributed by atoms with Gasteiger partial charge in [0.2, 0.25) is 0 Å². The van der Waals surface area contributed by atoms with Crippen LogP contribution in [0.25, 0.3) is 0 Å². The van der Waals surface area contributed by atoms with Crippen LogP contribution < -0.4 is 15.6 Å². The number of rotatable bonds is 5. The molecule has 0 unspecified atom stereocenters. The molecule has 1 aromatic heterocycles. The molecule has 2 aliphatic rings. The SMILES string of the molecule is CCOc1ccc([C@@H]2C3=C(CC(C)(C)CC3=O)Nc3nc(SCC)[nH]c(=O)c32)cc1. The zero-order chi connectivity index (χ0) is 21.5. The summed E-state index contributed by atoms with van der Waals surface area (Å²) in [6.45, 7) is 8.74. The molecule has 1 aromatic carbocycles. The Labute approximate surface area is 180 Å². The fourth-order valence-electron chi connectivity index (χ4n) is 4.35. The Morgan fingerprint density at radius 1 is 1.17 bits per heavy atom. The number of nitrogens with one attached hydrogen (secondary N) is 2. The molecule has 1 aliphatic carbocycles. The van der Waals surface area contributed by atoms with Gasteiger partial charge in [-0.2, -0.15) is 0 Å². The van der Waals surface area contributed by atoms with Crippen LogP contribution in [0.15, 0.2) is 45.5 Å². The van der Waals surface area contributed by atoms with Gasteiger partial charge >= 0.3 is 0 Å². The minimum Gasteiger partial charge on any atom is -0.494 e.